The molecule has 1 aliphatic carbocycles. The molecule has 1 aromatic rings. The van der Waals surface area contributed by atoms with E-state index in [9.17, 15) is 24.3 Å². The van der Waals surface area contributed by atoms with Crippen LogP contribution >= 0.6 is 0 Å². The molecule has 0 saturated heterocycles. The zero-order chi connectivity index (χ0) is 39.3. The van der Waals surface area contributed by atoms with Gasteiger partial charge < -0.3 is 28.8 Å². The van der Waals surface area contributed by atoms with Crippen LogP contribution in [0.5, 0.6) is 0 Å². The van der Waals surface area contributed by atoms with Crippen LogP contribution in [0, 0.1) is 47.4 Å². The highest BCUT2D eigenvalue weighted by atomic mass is 16.8. The molecule has 1 aliphatic rings. The Morgan fingerprint density at radius 3 is 2.19 bits per heavy atom. The third kappa shape index (κ3) is 17.9. The number of allylic oxidation sites excluding steroid dienone is 2. The predicted molar refractivity (Wildman–Crippen MR) is 202 cm³/mol. The van der Waals surface area contributed by atoms with Crippen LogP contribution < -0.4 is 0 Å². The number of esters is 3. The van der Waals surface area contributed by atoms with Gasteiger partial charge in [-0.15, -0.1) is 24.7 Å². The lowest BCUT2D eigenvalue weighted by Gasteiger charge is -2.26. The van der Waals surface area contributed by atoms with Gasteiger partial charge in [-0.05, 0) is 96.5 Å². The molecule has 0 radical (unpaired) electrons. The Labute approximate surface area is 316 Å². The van der Waals surface area contributed by atoms with Crippen molar-refractivity contribution in [1.82, 2.24) is 0 Å². The smallest absolute Gasteiger partial charge is 0.461 e. The first-order valence-electron chi connectivity index (χ1n) is 18.8. The minimum absolute atomic E-state index is 0.0966. The number of aryl methyl sites for hydroxylation is 1. The van der Waals surface area contributed by atoms with Gasteiger partial charge >= 0.3 is 24.1 Å². The van der Waals surface area contributed by atoms with Crippen LogP contribution in [0.1, 0.15) is 117 Å². The SMILES string of the molecule is C#CCC(C)(C)C(=O)OCC(COC(=O)OC(C)OC(=O)CCC/C=C\C[C@H]1CCC[C@@H]1CC[C@@H](O)CCc1ccccc1)OC(=O)C(C)(C)CC#C. The maximum absolute atomic E-state index is 12.7. The number of carbonyl (C=O) groups excluding carboxylic acids is 4. The van der Waals surface area contributed by atoms with E-state index < -0.39 is 60.5 Å². The number of benzene rings is 1. The van der Waals surface area contributed by atoms with Gasteiger partial charge in [0.05, 0.1) is 16.9 Å². The minimum atomic E-state index is -1.22. The lowest BCUT2D eigenvalue weighted by Crippen LogP contribution is -2.38. The quantitative estimate of drug-likeness (QED) is 0.0295. The summed E-state index contributed by atoms with van der Waals surface area (Å²) in [6, 6.07) is 10.3. The van der Waals surface area contributed by atoms with Crippen molar-refractivity contribution in [1.29, 1.82) is 0 Å². The third-order valence-electron chi connectivity index (χ3n) is 9.47. The number of aliphatic hydroxyl groups is 1. The normalized spacial score (nSPS) is 17.5. The van der Waals surface area contributed by atoms with Gasteiger partial charge in [0.25, 0.3) is 0 Å². The van der Waals surface area contributed by atoms with E-state index >= 15 is 0 Å². The van der Waals surface area contributed by atoms with Crippen LogP contribution in [-0.4, -0.2) is 60.9 Å². The molecule has 0 spiro atoms. The van der Waals surface area contributed by atoms with Crippen LogP contribution in [0.2, 0.25) is 0 Å². The molecule has 53 heavy (non-hydrogen) atoms. The molecule has 10 heteroatoms. The van der Waals surface area contributed by atoms with Gasteiger partial charge in [0.15, 0.2) is 6.10 Å². The van der Waals surface area contributed by atoms with Crippen LogP contribution in [-0.2, 0) is 44.5 Å². The van der Waals surface area contributed by atoms with Crippen molar-refractivity contribution in [3.8, 4) is 24.7 Å². The number of carbonyl (C=O) groups is 4. The number of hydrogen-bond donors (Lipinski definition) is 1. The molecule has 1 N–H and O–H groups in total. The Balaban J connectivity index is 1.70. The van der Waals surface area contributed by atoms with Gasteiger partial charge in [0, 0.05) is 26.2 Å². The first-order valence-corrected chi connectivity index (χ1v) is 18.8. The molecule has 0 aromatic heterocycles. The summed E-state index contributed by atoms with van der Waals surface area (Å²) in [5, 5.41) is 10.5. The average Bonchev–Trinajstić information content (AvgIpc) is 3.56. The molecule has 292 valence electrons. The second kappa shape index (κ2) is 23.4. The molecule has 10 nitrogen and oxygen atoms in total. The minimum Gasteiger partial charge on any atom is -0.461 e. The van der Waals surface area contributed by atoms with Gasteiger partial charge in [-0.3, -0.25) is 14.4 Å². The lowest BCUT2D eigenvalue weighted by molar-refractivity contribution is -0.175. The largest absolute Gasteiger partial charge is 0.511 e. The fraction of sp³-hybridized carbons (Fsp3) is 0.628. The van der Waals surface area contributed by atoms with Crippen molar-refractivity contribution in [2.75, 3.05) is 13.2 Å². The van der Waals surface area contributed by atoms with E-state index in [0.717, 1.165) is 32.1 Å². The van der Waals surface area contributed by atoms with E-state index in [1.54, 1.807) is 27.7 Å². The van der Waals surface area contributed by atoms with Gasteiger partial charge in [0.1, 0.15) is 13.2 Å². The van der Waals surface area contributed by atoms with E-state index in [1.807, 2.05) is 18.2 Å². The molecule has 2 unspecified atom stereocenters. The Hall–Kier alpha value is -4.28. The highest BCUT2D eigenvalue weighted by Gasteiger charge is 2.34. The van der Waals surface area contributed by atoms with Crippen LogP contribution in [0.25, 0.3) is 0 Å². The summed E-state index contributed by atoms with van der Waals surface area (Å²) >= 11 is 0. The molecule has 0 aliphatic heterocycles. The number of rotatable bonds is 23. The second-order valence-corrected chi connectivity index (χ2v) is 15.2. The van der Waals surface area contributed by atoms with Crippen molar-refractivity contribution in [3.05, 3.63) is 48.0 Å². The fourth-order valence-electron chi connectivity index (χ4n) is 6.13. The molecule has 0 bridgehead atoms. The summed E-state index contributed by atoms with van der Waals surface area (Å²) in [7, 11) is 0. The van der Waals surface area contributed by atoms with Crippen molar-refractivity contribution >= 4 is 24.1 Å². The Bertz CT molecular complexity index is 1400. The monoisotopic (exact) mass is 736 g/mol. The molecule has 5 atom stereocenters. The van der Waals surface area contributed by atoms with Crippen molar-refractivity contribution < 1.29 is 48.0 Å². The highest BCUT2D eigenvalue weighted by molar-refractivity contribution is 5.77. The topological polar surface area (TPSA) is 135 Å². The van der Waals surface area contributed by atoms with E-state index in [4.69, 9.17) is 36.5 Å². The molecular weight excluding hydrogens is 676 g/mol. The van der Waals surface area contributed by atoms with Crippen molar-refractivity contribution in [3.63, 3.8) is 0 Å². The Morgan fingerprint density at radius 1 is 0.868 bits per heavy atom. The first kappa shape index (κ1) is 44.9. The highest BCUT2D eigenvalue weighted by Crippen LogP contribution is 2.38. The second-order valence-electron chi connectivity index (χ2n) is 15.2. The van der Waals surface area contributed by atoms with E-state index in [2.05, 4.69) is 36.1 Å². The number of hydrogen-bond acceptors (Lipinski definition) is 10. The maximum Gasteiger partial charge on any atom is 0.511 e. The molecule has 1 saturated carbocycles. The molecule has 0 amide bonds. The summed E-state index contributed by atoms with van der Waals surface area (Å²) in [5.41, 5.74) is -0.752. The maximum atomic E-state index is 12.7. The molecular formula is C43H60O10. The molecule has 2 rings (SSSR count). The van der Waals surface area contributed by atoms with Crippen LogP contribution in [0.3, 0.4) is 0 Å². The Morgan fingerprint density at radius 2 is 1.51 bits per heavy atom. The van der Waals surface area contributed by atoms with Crippen molar-refractivity contribution in [2.24, 2.45) is 22.7 Å². The summed E-state index contributed by atoms with van der Waals surface area (Å²) < 4.78 is 26.1. The lowest BCUT2D eigenvalue weighted by atomic mass is 9.87. The summed E-state index contributed by atoms with van der Waals surface area (Å²) in [6.07, 6.45) is 21.1. The van der Waals surface area contributed by atoms with Crippen LogP contribution in [0.4, 0.5) is 4.79 Å². The summed E-state index contributed by atoms with van der Waals surface area (Å²) in [5.74, 6) is 4.29. The van der Waals surface area contributed by atoms with Gasteiger partial charge in [-0.2, -0.15) is 0 Å². The van der Waals surface area contributed by atoms with E-state index in [-0.39, 0.29) is 25.4 Å². The van der Waals surface area contributed by atoms with Gasteiger partial charge in [0.2, 0.25) is 6.29 Å². The van der Waals surface area contributed by atoms with Gasteiger partial charge in [-0.1, -0.05) is 55.3 Å². The number of terminal acetylenes is 2. The summed E-state index contributed by atoms with van der Waals surface area (Å²) in [4.78, 5) is 50.0. The first-order chi connectivity index (χ1) is 25.2. The zero-order valence-electron chi connectivity index (χ0n) is 32.3. The number of ether oxygens (including phenoxy) is 5. The zero-order valence-corrected chi connectivity index (χ0v) is 32.3. The van der Waals surface area contributed by atoms with E-state index in [1.165, 1.54) is 31.7 Å². The predicted octanol–water partition coefficient (Wildman–Crippen LogP) is 7.89. The van der Waals surface area contributed by atoms with Crippen molar-refractivity contribution in [2.45, 2.75) is 137 Å². The number of unbranched alkanes of at least 4 members (excludes halogenated alkanes) is 1. The average molecular weight is 737 g/mol. The van der Waals surface area contributed by atoms with E-state index in [0.29, 0.717) is 24.7 Å². The number of aliphatic hydroxyl groups excluding tert-OH is 1. The summed E-state index contributed by atoms with van der Waals surface area (Å²) in [6.45, 7) is 6.93. The van der Waals surface area contributed by atoms with Crippen LogP contribution in [0.15, 0.2) is 42.5 Å². The standard InChI is InChI=1S/C43H60O10/c1-8-28-42(4,5)39(46)49-30-37(53-40(47)43(6,7)29-9-2)31-50-41(48)52-32(3)51-38(45)23-16-11-10-15-20-34-21-17-22-35(34)25-27-36(44)26-24-33-18-13-12-14-19-33/h1-2,10,12-15,18-19,32,34-37,44H,11,16-17,20-31H2,3-7H3/b15-10-/t32?,34-,35+,36-,37?/m0/s1. The molecule has 1 fully saturated rings. The molecule has 1 aromatic carbocycles. The third-order valence-corrected chi connectivity index (χ3v) is 9.47. The fourth-order valence-corrected chi connectivity index (χ4v) is 6.13. The van der Waals surface area contributed by atoms with Gasteiger partial charge in [-0.25, -0.2) is 4.79 Å². The Kier molecular flexibility index (Phi) is 19.8. The molecule has 0 heterocycles.